The van der Waals surface area contributed by atoms with Crippen LogP contribution in [0.25, 0.3) is 6.08 Å². The molecule has 25 heavy (non-hydrogen) atoms. The van der Waals surface area contributed by atoms with Crippen molar-refractivity contribution >= 4 is 23.5 Å². The molecule has 0 amide bonds. The van der Waals surface area contributed by atoms with Crippen LogP contribution in [-0.4, -0.2) is 28.9 Å². The Kier molecular flexibility index (Phi) is 4.24. The summed E-state index contributed by atoms with van der Waals surface area (Å²) in [6.07, 6.45) is 4.01. The molecular formula is C20H18ClNO3. The number of phenolic OH excluding ortho intramolecular Hbond substituents is 1. The van der Waals surface area contributed by atoms with Crippen molar-refractivity contribution in [1.82, 2.24) is 4.90 Å². The summed E-state index contributed by atoms with van der Waals surface area (Å²) in [6.45, 7) is 2.59. The van der Waals surface area contributed by atoms with Gasteiger partial charge in [0, 0.05) is 11.6 Å². The number of benzene rings is 2. The van der Waals surface area contributed by atoms with Gasteiger partial charge in [-0.3, -0.25) is 9.69 Å². The molecule has 1 saturated heterocycles. The van der Waals surface area contributed by atoms with E-state index in [0.717, 1.165) is 31.5 Å². The van der Waals surface area contributed by atoms with E-state index in [-0.39, 0.29) is 17.3 Å². The molecule has 128 valence electrons. The SMILES string of the molecule is O=C1/C(=C\c2cccc(Cl)c2)Oc2c1ccc(O)c2CN1CCCC1. The zero-order chi connectivity index (χ0) is 17.4. The molecule has 2 aromatic rings. The van der Waals surface area contributed by atoms with Gasteiger partial charge < -0.3 is 9.84 Å². The second-order valence-electron chi connectivity index (χ2n) is 6.42. The number of hydrogen-bond donors (Lipinski definition) is 1. The van der Waals surface area contributed by atoms with Crippen LogP contribution in [0.4, 0.5) is 0 Å². The molecule has 0 bridgehead atoms. The van der Waals surface area contributed by atoms with E-state index in [9.17, 15) is 9.90 Å². The maximum atomic E-state index is 12.7. The number of hydrogen-bond acceptors (Lipinski definition) is 4. The summed E-state index contributed by atoms with van der Waals surface area (Å²) in [5.74, 6) is 0.732. The van der Waals surface area contributed by atoms with Crippen LogP contribution >= 0.6 is 11.6 Å². The number of carbonyl (C=O) groups excluding carboxylic acids is 1. The van der Waals surface area contributed by atoms with Crippen molar-refractivity contribution in [3.05, 3.63) is 63.9 Å². The number of ketones is 1. The van der Waals surface area contributed by atoms with Gasteiger partial charge in [-0.15, -0.1) is 0 Å². The van der Waals surface area contributed by atoms with Crippen LogP contribution in [0.15, 0.2) is 42.2 Å². The number of aromatic hydroxyl groups is 1. The molecule has 5 heteroatoms. The second-order valence-corrected chi connectivity index (χ2v) is 6.85. The molecule has 4 rings (SSSR count). The Bertz CT molecular complexity index is 869. The lowest BCUT2D eigenvalue weighted by molar-refractivity contribution is 0.101. The summed E-state index contributed by atoms with van der Waals surface area (Å²) in [7, 11) is 0. The van der Waals surface area contributed by atoms with Crippen LogP contribution in [-0.2, 0) is 6.54 Å². The van der Waals surface area contributed by atoms with E-state index in [1.54, 1.807) is 30.3 Å². The van der Waals surface area contributed by atoms with Crippen LogP contribution < -0.4 is 4.74 Å². The number of rotatable bonds is 3. The molecule has 0 radical (unpaired) electrons. The second kappa shape index (κ2) is 6.54. The summed E-state index contributed by atoms with van der Waals surface area (Å²) >= 11 is 6.00. The number of Topliss-reactive ketones (excluding diaryl/α,β-unsaturated/α-hetero) is 1. The molecular weight excluding hydrogens is 338 g/mol. The Morgan fingerprint density at radius 2 is 2.00 bits per heavy atom. The minimum Gasteiger partial charge on any atom is -0.507 e. The lowest BCUT2D eigenvalue weighted by Crippen LogP contribution is -2.18. The monoisotopic (exact) mass is 355 g/mol. The van der Waals surface area contributed by atoms with E-state index >= 15 is 0 Å². The molecule has 2 aliphatic heterocycles. The third-order valence-corrected chi connectivity index (χ3v) is 4.88. The largest absolute Gasteiger partial charge is 0.507 e. The normalized spacial score (nSPS) is 18.6. The molecule has 0 spiro atoms. The van der Waals surface area contributed by atoms with Crippen LogP contribution in [0.1, 0.15) is 34.3 Å². The Labute approximate surface area is 151 Å². The van der Waals surface area contributed by atoms with Gasteiger partial charge in [-0.2, -0.15) is 0 Å². The van der Waals surface area contributed by atoms with Crippen molar-refractivity contribution in [2.24, 2.45) is 0 Å². The number of halogens is 1. The molecule has 2 heterocycles. The fraction of sp³-hybridized carbons (Fsp3) is 0.250. The van der Waals surface area contributed by atoms with Gasteiger partial charge in [0.05, 0.1) is 11.1 Å². The molecule has 0 aromatic heterocycles. The van der Waals surface area contributed by atoms with Gasteiger partial charge in [0.2, 0.25) is 5.78 Å². The van der Waals surface area contributed by atoms with Crippen molar-refractivity contribution in [3.8, 4) is 11.5 Å². The Morgan fingerprint density at radius 3 is 2.76 bits per heavy atom. The van der Waals surface area contributed by atoms with E-state index in [0.29, 0.717) is 28.4 Å². The molecule has 2 aromatic carbocycles. The Hall–Kier alpha value is -2.30. The van der Waals surface area contributed by atoms with E-state index < -0.39 is 0 Å². The Morgan fingerprint density at radius 1 is 1.20 bits per heavy atom. The number of phenols is 1. The fourth-order valence-corrected chi connectivity index (χ4v) is 3.56. The zero-order valence-corrected chi connectivity index (χ0v) is 14.4. The lowest BCUT2D eigenvalue weighted by Gasteiger charge is -2.17. The molecule has 1 N–H and O–H groups in total. The van der Waals surface area contributed by atoms with Gasteiger partial charge in [0.25, 0.3) is 0 Å². The maximum Gasteiger partial charge on any atom is 0.231 e. The number of ether oxygens (including phenoxy) is 1. The van der Waals surface area contributed by atoms with Gasteiger partial charge in [0.15, 0.2) is 5.76 Å². The highest BCUT2D eigenvalue weighted by Gasteiger charge is 2.31. The molecule has 0 atom stereocenters. The summed E-state index contributed by atoms with van der Waals surface area (Å²) < 4.78 is 5.87. The van der Waals surface area contributed by atoms with Crippen molar-refractivity contribution in [2.75, 3.05) is 13.1 Å². The smallest absolute Gasteiger partial charge is 0.231 e. The first-order chi connectivity index (χ1) is 12.1. The number of carbonyl (C=O) groups is 1. The number of allylic oxidation sites excluding steroid dienone is 1. The maximum absolute atomic E-state index is 12.7. The average molecular weight is 356 g/mol. The third kappa shape index (κ3) is 3.15. The van der Waals surface area contributed by atoms with Crippen LogP contribution in [0.2, 0.25) is 5.02 Å². The minimum absolute atomic E-state index is 0.169. The molecule has 2 aliphatic rings. The predicted octanol–water partition coefficient (Wildman–Crippen LogP) is 4.26. The minimum atomic E-state index is -0.169. The lowest BCUT2D eigenvalue weighted by atomic mass is 10.0. The van der Waals surface area contributed by atoms with Crippen molar-refractivity contribution in [1.29, 1.82) is 0 Å². The van der Waals surface area contributed by atoms with Crippen molar-refractivity contribution < 1.29 is 14.6 Å². The van der Waals surface area contributed by atoms with Gasteiger partial charge >= 0.3 is 0 Å². The zero-order valence-electron chi connectivity index (χ0n) is 13.7. The number of likely N-dealkylation sites (tertiary alicyclic amines) is 1. The summed E-state index contributed by atoms with van der Waals surface area (Å²) in [5, 5.41) is 10.9. The molecule has 0 unspecified atom stereocenters. The Balaban J connectivity index is 1.68. The van der Waals surface area contributed by atoms with Gasteiger partial charge in [0.1, 0.15) is 11.5 Å². The van der Waals surface area contributed by atoms with E-state index in [1.807, 2.05) is 12.1 Å². The highest BCUT2D eigenvalue weighted by atomic mass is 35.5. The van der Waals surface area contributed by atoms with Crippen molar-refractivity contribution in [2.45, 2.75) is 19.4 Å². The highest BCUT2D eigenvalue weighted by molar-refractivity contribution is 6.30. The first-order valence-corrected chi connectivity index (χ1v) is 8.76. The summed E-state index contributed by atoms with van der Waals surface area (Å²) in [6, 6.07) is 10.4. The van der Waals surface area contributed by atoms with Gasteiger partial charge in [-0.05, 0) is 61.8 Å². The van der Waals surface area contributed by atoms with Crippen LogP contribution in [0.3, 0.4) is 0 Å². The highest BCUT2D eigenvalue weighted by Crippen LogP contribution is 2.40. The molecule has 0 saturated carbocycles. The first kappa shape index (κ1) is 16.2. The third-order valence-electron chi connectivity index (χ3n) is 4.64. The van der Waals surface area contributed by atoms with Crippen molar-refractivity contribution in [3.63, 3.8) is 0 Å². The van der Waals surface area contributed by atoms with Crippen LogP contribution in [0.5, 0.6) is 11.5 Å². The quantitative estimate of drug-likeness (QED) is 0.836. The summed E-state index contributed by atoms with van der Waals surface area (Å²) in [4.78, 5) is 14.9. The van der Waals surface area contributed by atoms with Crippen LogP contribution in [0, 0.1) is 0 Å². The topological polar surface area (TPSA) is 49.8 Å². The summed E-state index contributed by atoms with van der Waals surface area (Å²) in [5.41, 5.74) is 1.98. The van der Waals surface area contributed by atoms with Gasteiger partial charge in [-0.25, -0.2) is 0 Å². The molecule has 1 fully saturated rings. The number of nitrogens with zero attached hydrogens (tertiary/aromatic N) is 1. The van der Waals surface area contributed by atoms with E-state index in [1.165, 1.54) is 0 Å². The average Bonchev–Trinajstić information content (AvgIpc) is 3.20. The first-order valence-electron chi connectivity index (χ1n) is 8.39. The van der Waals surface area contributed by atoms with E-state index in [4.69, 9.17) is 16.3 Å². The number of fused-ring (bicyclic) bond motifs is 1. The van der Waals surface area contributed by atoms with E-state index in [2.05, 4.69) is 4.90 Å². The standard InChI is InChI=1S/C20H18ClNO3/c21-14-5-3-4-13(10-14)11-18-19(24)15-6-7-17(23)16(20(15)25-18)12-22-8-1-2-9-22/h3-7,10-11,23H,1-2,8-9,12H2/b18-11+. The van der Waals surface area contributed by atoms with Gasteiger partial charge in [-0.1, -0.05) is 23.7 Å². The molecule has 4 nitrogen and oxygen atoms in total. The molecule has 0 aliphatic carbocycles. The predicted molar refractivity (Wildman–Crippen MR) is 97.0 cm³/mol. The fourth-order valence-electron chi connectivity index (χ4n) is 3.36.